The van der Waals surface area contributed by atoms with Crippen molar-refractivity contribution in [1.82, 2.24) is 14.1 Å². The van der Waals surface area contributed by atoms with E-state index in [1.54, 1.807) is 24.0 Å². The third-order valence-corrected chi connectivity index (χ3v) is 4.80. The summed E-state index contributed by atoms with van der Waals surface area (Å²) in [4.78, 5) is 12.1. The van der Waals surface area contributed by atoms with E-state index in [0.29, 0.717) is 25.2 Å². The number of hydrogen-bond donors (Lipinski definition) is 0. The summed E-state index contributed by atoms with van der Waals surface area (Å²) in [5.41, 5.74) is 0.580. The Morgan fingerprint density at radius 3 is 2.84 bits per heavy atom. The maximum absolute atomic E-state index is 12.1. The maximum atomic E-state index is 12.1. The van der Waals surface area contributed by atoms with Gasteiger partial charge < -0.3 is 0 Å². The molecule has 1 aromatic heterocycles. The summed E-state index contributed by atoms with van der Waals surface area (Å²) in [6, 6.07) is 1.69. The lowest BCUT2D eigenvalue weighted by Gasteiger charge is -2.30. The van der Waals surface area contributed by atoms with Gasteiger partial charge in [-0.15, -0.1) is 0 Å². The molecule has 6 nitrogen and oxygen atoms in total. The first kappa shape index (κ1) is 14.2. The third-order valence-electron chi connectivity index (χ3n) is 3.53. The number of carbonyl (C=O) groups excluding carboxylic acids is 1. The van der Waals surface area contributed by atoms with Crippen LogP contribution in [0, 0.1) is 5.92 Å². The SMILES string of the molecule is Cn1nccc1C(=O)CC1CCCN(S(C)(=O)=O)C1. The molecule has 1 aromatic rings. The average molecular weight is 285 g/mol. The Balaban J connectivity index is 2.00. The third kappa shape index (κ3) is 3.42. The summed E-state index contributed by atoms with van der Waals surface area (Å²) in [6.45, 7) is 1.01. The van der Waals surface area contributed by atoms with Crippen molar-refractivity contribution in [3.8, 4) is 0 Å². The monoisotopic (exact) mass is 285 g/mol. The Labute approximate surface area is 113 Å². The second-order valence-electron chi connectivity index (χ2n) is 5.10. The number of rotatable bonds is 4. The Morgan fingerprint density at radius 1 is 1.53 bits per heavy atom. The highest BCUT2D eigenvalue weighted by Crippen LogP contribution is 2.22. The first-order chi connectivity index (χ1) is 8.88. The predicted octanol–water partition coefficient (Wildman–Crippen LogP) is 0.665. The summed E-state index contributed by atoms with van der Waals surface area (Å²) >= 11 is 0. The highest BCUT2D eigenvalue weighted by atomic mass is 32.2. The van der Waals surface area contributed by atoms with Crippen LogP contribution in [-0.4, -0.2) is 47.6 Å². The zero-order valence-electron chi connectivity index (χ0n) is 11.2. The van der Waals surface area contributed by atoms with E-state index in [2.05, 4.69) is 5.10 Å². The molecule has 1 aliphatic heterocycles. The Bertz CT molecular complexity index is 565. The van der Waals surface area contributed by atoms with E-state index in [-0.39, 0.29) is 11.7 Å². The van der Waals surface area contributed by atoms with E-state index in [9.17, 15) is 13.2 Å². The van der Waals surface area contributed by atoms with Crippen molar-refractivity contribution in [1.29, 1.82) is 0 Å². The summed E-state index contributed by atoms with van der Waals surface area (Å²) in [7, 11) is -1.42. The van der Waals surface area contributed by atoms with Crippen LogP contribution in [0.2, 0.25) is 0 Å². The summed E-state index contributed by atoms with van der Waals surface area (Å²) < 4.78 is 26.1. The standard InChI is InChI=1S/C12H19N3O3S/c1-14-11(5-6-13-14)12(16)8-10-4-3-7-15(9-10)19(2,17)18/h5-6,10H,3-4,7-9H2,1-2H3. The number of sulfonamides is 1. The molecular formula is C12H19N3O3S. The molecule has 0 bridgehead atoms. The zero-order chi connectivity index (χ0) is 14.0. The van der Waals surface area contributed by atoms with Gasteiger partial charge in [-0.05, 0) is 24.8 Å². The van der Waals surface area contributed by atoms with E-state index < -0.39 is 10.0 Å². The Hall–Kier alpha value is -1.21. The molecule has 1 saturated heterocycles. The molecule has 0 spiro atoms. The second-order valence-corrected chi connectivity index (χ2v) is 7.08. The largest absolute Gasteiger partial charge is 0.292 e. The number of ketones is 1. The highest BCUT2D eigenvalue weighted by molar-refractivity contribution is 7.88. The number of nitrogens with zero attached hydrogens (tertiary/aromatic N) is 3. The van der Waals surface area contributed by atoms with Crippen LogP contribution in [0.1, 0.15) is 29.8 Å². The lowest BCUT2D eigenvalue weighted by atomic mass is 9.93. The van der Waals surface area contributed by atoms with Gasteiger partial charge in [0, 0.05) is 32.8 Å². The topological polar surface area (TPSA) is 72.3 Å². The van der Waals surface area contributed by atoms with E-state index in [1.807, 2.05) is 0 Å². The van der Waals surface area contributed by atoms with Crippen molar-refractivity contribution in [3.05, 3.63) is 18.0 Å². The van der Waals surface area contributed by atoms with Crippen LogP contribution in [0.15, 0.2) is 12.3 Å². The zero-order valence-corrected chi connectivity index (χ0v) is 12.1. The van der Waals surface area contributed by atoms with Crippen molar-refractivity contribution in [2.75, 3.05) is 19.3 Å². The lowest BCUT2D eigenvalue weighted by molar-refractivity contribution is 0.0933. The van der Waals surface area contributed by atoms with E-state index in [0.717, 1.165) is 12.8 Å². The molecule has 1 unspecified atom stereocenters. The van der Waals surface area contributed by atoms with Crippen molar-refractivity contribution in [2.24, 2.45) is 13.0 Å². The number of aromatic nitrogens is 2. The molecule has 19 heavy (non-hydrogen) atoms. The molecule has 1 fully saturated rings. The van der Waals surface area contributed by atoms with Gasteiger partial charge in [0.1, 0.15) is 5.69 Å². The minimum Gasteiger partial charge on any atom is -0.292 e. The minimum atomic E-state index is -3.15. The number of carbonyl (C=O) groups is 1. The van der Waals surface area contributed by atoms with Crippen molar-refractivity contribution < 1.29 is 13.2 Å². The molecule has 0 radical (unpaired) electrons. The van der Waals surface area contributed by atoms with E-state index in [1.165, 1.54) is 10.6 Å². The molecule has 2 heterocycles. The fourth-order valence-electron chi connectivity index (χ4n) is 2.51. The van der Waals surface area contributed by atoms with Gasteiger partial charge in [-0.3, -0.25) is 9.48 Å². The van der Waals surface area contributed by atoms with Crippen molar-refractivity contribution in [2.45, 2.75) is 19.3 Å². The summed E-state index contributed by atoms with van der Waals surface area (Å²) in [5.74, 6) is 0.131. The molecular weight excluding hydrogens is 266 g/mol. The van der Waals surface area contributed by atoms with Gasteiger partial charge >= 0.3 is 0 Å². The van der Waals surface area contributed by atoms with Gasteiger partial charge in [0.25, 0.3) is 0 Å². The first-order valence-corrected chi connectivity index (χ1v) is 8.19. The van der Waals surface area contributed by atoms with Gasteiger partial charge in [0.2, 0.25) is 10.0 Å². The molecule has 1 atom stereocenters. The van der Waals surface area contributed by atoms with Gasteiger partial charge in [-0.1, -0.05) is 0 Å². The average Bonchev–Trinajstić information content (AvgIpc) is 2.75. The van der Waals surface area contributed by atoms with Crippen LogP contribution < -0.4 is 0 Å². The van der Waals surface area contributed by atoms with Crippen LogP contribution >= 0.6 is 0 Å². The summed E-state index contributed by atoms with van der Waals surface area (Å²) in [6.07, 6.45) is 4.91. The maximum Gasteiger partial charge on any atom is 0.211 e. The molecule has 2 rings (SSSR count). The number of hydrogen-bond acceptors (Lipinski definition) is 4. The minimum absolute atomic E-state index is 0.0281. The number of aryl methyl sites for hydroxylation is 1. The molecule has 106 valence electrons. The Kier molecular flexibility index (Phi) is 4.05. The van der Waals surface area contributed by atoms with Gasteiger partial charge in [0.05, 0.1) is 6.26 Å². The highest BCUT2D eigenvalue weighted by Gasteiger charge is 2.27. The predicted molar refractivity (Wildman–Crippen MR) is 71.3 cm³/mol. The molecule has 0 aliphatic carbocycles. The van der Waals surface area contributed by atoms with Crippen LogP contribution in [0.25, 0.3) is 0 Å². The fourth-order valence-corrected chi connectivity index (χ4v) is 3.45. The molecule has 0 saturated carbocycles. The van der Waals surface area contributed by atoms with Crippen LogP contribution in [0.4, 0.5) is 0 Å². The Morgan fingerprint density at radius 2 is 2.26 bits per heavy atom. The van der Waals surface area contributed by atoms with Crippen molar-refractivity contribution in [3.63, 3.8) is 0 Å². The first-order valence-electron chi connectivity index (χ1n) is 6.34. The van der Waals surface area contributed by atoms with E-state index >= 15 is 0 Å². The summed E-state index contributed by atoms with van der Waals surface area (Å²) in [5, 5.41) is 3.97. The number of piperidine rings is 1. The van der Waals surface area contributed by atoms with Crippen LogP contribution in [0.3, 0.4) is 0 Å². The van der Waals surface area contributed by atoms with Crippen LogP contribution in [0.5, 0.6) is 0 Å². The fraction of sp³-hybridized carbons (Fsp3) is 0.667. The molecule has 0 amide bonds. The smallest absolute Gasteiger partial charge is 0.211 e. The lowest BCUT2D eigenvalue weighted by Crippen LogP contribution is -2.39. The molecule has 0 N–H and O–H groups in total. The quantitative estimate of drug-likeness (QED) is 0.762. The molecule has 7 heteroatoms. The normalized spacial score (nSPS) is 21.5. The van der Waals surface area contributed by atoms with Gasteiger partial charge in [-0.25, -0.2) is 12.7 Å². The molecule has 0 aromatic carbocycles. The van der Waals surface area contributed by atoms with Crippen LogP contribution in [-0.2, 0) is 17.1 Å². The van der Waals surface area contributed by atoms with Crippen molar-refractivity contribution >= 4 is 15.8 Å². The number of Topliss-reactive ketones (excluding diaryl/α,β-unsaturated/α-hetero) is 1. The van der Waals surface area contributed by atoms with E-state index in [4.69, 9.17) is 0 Å². The van der Waals surface area contributed by atoms with Gasteiger partial charge in [-0.2, -0.15) is 5.10 Å². The second kappa shape index (κ2) is 5.42. The molecule has 1 aliphatic rings. The van der Waals surface area contributed by atoms with Gasteiger partial charge in [0.15, 0.2) is 5.78 Å².